The number of ether oxygens (including phenoxy) is 2. The van der Waals surface area contributed by atoms with Crippen LogP contribution in [0.4, 0.5) is 0 Å². The van der Waals surface area contributed by atoms with E-state index in [0.717, 1.165) is 0 Å². The fourth-order valence-electron chi connectivity index (χ4n) is 1.74. The molecule has 0 aliphatic rings. The van der Waals surface area contributed by atoms with Crippen molar-refractivity contribution in [1.29, 1.82) is 0 Å². The molecular formula is C13H18N2O5. The number of nitrogens with two attached hydrogens (primary N) is 1. The zero-order chi connectivity index (χ0) is 15.4. The van der Waals surface area contributed by atoms with Gasteiger partial charge in [0, 0.05) is 5.69 Å². The number of hydrogen-bond acceptors (Lipinski definition) is 5. The summed E-state index contributed by atoms with van der Waals surface area (Å²) < 4.78 is 9.81. The molecule has 0 fully saturated rings. The van der Waals surface area contributed by atoms with Crippen molar-refractivity contribution in [3.63, 3.8) is 0 Å². The van der Waals surface area contributed by atoms with Gasteiger partial charge in [-0.3, -0.25) is 4.79 Å². The lowest BCUT2D eigenvalue weighted by Crippen LogP contribution is -2.21. The molecule has 0 spiro atoms. The van der Waals surface area contributed by atoms with E-state index < -0.39 is 24.5 Å². The Morgan fingerprint density at radius 1 is 1.20 bits per heavy atom. The highest BCUT2D eigenvalue weighted by Gasteiger charge is 2.24. The number of H-pyrrole nitrogens is 1. The average Bonchev–Trinajstić information content (AvgIpc) is 2.60. The number of hydrogen-bond donors (Lipinski definition) is 2. The van der Waals surface area contributed by atoms with Gasteiger partial charge in [-0.05, 0) is 33.3 Å². The van der Waals surface area contributed by atoms with Crippen molar-refractivity contribution in [1.82, 2.24) is 4.98 Å². The number of primary amides is 1. The molecule has 0 atom stereocenters. The molecule has 0 bridgehead atoms. The number of esters is 2. The molecule has 0 radical (unpaired) electrons. The molecule has 0 aliphatic carbocycles. The second-order valence-corrected chi connectivity index (χ2v) is 4.62. The van der Waals surface area contributed by atoms with Gasteiger partial charge >= 0.3 is 11.9 Å². The zero-order valence-electron chi connectivity index (χ0n) is 11.9. The third-order valence-corrected chi connectivity index (χ3v) is 2.53. The molecule has 1 rings (SSSR count). The van der Waals surface area contributed by atoms with Crippen LogP contribution in [0.5, 0.6) is 0 Å². The van der Waals surface area contributed by atoms with Crippen molar-refractivity contribution in [3.8, 4) is 0 Å². The van der Waals surface area contributed by atoms with E-state index in [1.54, 1.807) is 27.7 Å². The summed E-state index contributed by atoms with van der Waals surface area (Å²) in [5.74, 6) is -2.01. The van der Waals surface area contributed by atoms with Crippen LogP contribution in [0.3, 0.4) is 0 Å². The highest BCUT2D eigenvalue weighted by atomic mass is 16.5. The van der Waals surface area contributed by atoms with Crippen molar-refractivity contribution in [2.24, 2.45) is 5.73 Å². The van der Waals surface area contributed by atoms with Gasteiger partial charge < -0.3 is 20.2 Å². The molecule has 0 saturated heterocycles. The quantitative estimate of drug-likeness (QED) is 0.777. The average molecular weight is 282 g/mol. The molecule has 20 heavy (non-hydrogen) atoms. The number of aromatic amines is 1. The molecule has 0 unspecified atom stereocenters. The lowest BCUT2D eigenvalue weighted by Gasteiger charge is -2.08. The molecule has 1 aromatic rings. The van der Waals surface area contributed by atoms with E-state index in [9.17, 15) is 14.4 Å². The first-order chi connectivity index (χ1) is 9.23. The maximum absolute atomic E-state index is 11.9. The molecule has 7 nitrogen and oxygen atoms in total. The van der Waals surface area contributed by atoms with E-state index in [4.69, 9.17) is 15.2 Å². The molecule has 1 amide bonds. The van der Waals surface area contributed by atoms with Gasteiger partial charge in [0.15, 0.2) is 6.61 Å². The highest BCUT2D eigenvalue weighted by Crippen LogP contribution is 2.20. The van der Waals surface area contributed by atoms with E-state index in [1.807, 2.05) is 0 Å². The molecule has 0 aliphatic heterocycles. The van der Waals surface area contributed by atoms with E-state index in [0.29, 0.717) is 16.8 Å². The van der Waals surface area contributed by atoms with Crippen LogP contribution in [0.1, 0.15) is 46.0 Å². The molecule has 1 aromatic heterocycles. The lowest BCUT2D eigenvalue weighted by atomic mass is 10.1. The summed E-state index contributed by atoms with van der Waals surface area (Å²) in [6, 6.07) is 0. The van der Waals surface area contributed by atoms with Crippen LogP contribution >= 0.6 is 0 Å². The first-order valence-electron chi connectivity index (χ1n) is 6.09. The van der Waals surface area contributed by atoms with Gasteiger partial charge in [-0.25, -0.2) is 9.59 Å². The van der Waals surface area contributed by atoms with Crippen molar-refractivity contribution < 1.29 is 23.9 Å². The fraction of sp³-hybridized carbons (Fsp3) is 0.462. The van der Waals surface area contributed by atoms with Crippen LogP contribution in [-0.4, -0.2) is 35.5 Å². The number of carbonyl (C=O) groups excluding carboxylic acids is 3. The number of carbonyl (C=O) groups is 3. The minimum atomic E-state index is -0.751. The molecule has 7 heteroatoms. The van der Waals surface area contributed by atoms with Crippen molar-refractivity contribution in [2.45, 2.75) is 33.8 Å². The van der Waals surface area contributed by atoms with E-state index in [2.05, 4.69) is 4.98 Å². The van der Waals surface area contributed by atoms with Crippen LogP contribution in [0, 0.1) is 13.8 Å². The SMILES string of the molecule is Cc1[nH]c(C(=O)OCC(N)=O)c(C)c1C(=O)OC(C)C. The Kier molecular flexibility index (Phi) is 4.90. The predicted molar refractivity (Wildman–Crippen MR) is 70.3 cm³/mol. The number of nitrogens with one attached hydrogen (secondary N) is 1. The fourth-order valence-corrected chi connectivity index (χ4v) is 1.74. The maximum atomic E-state index is 11.9. The Morgan fingerprint density at radius 2 is 1.80 bits per heavy atom. The van der Waals surface area contributed by atoms with Crippen LogP contribution in [0.15, 0.2) is 0 Å². The summed E-state index contributed by atoms with van der Waals surface area (Å²) in [5, 5.41) is 0. The van der Waals surface area contributed by atoms with Gasteiger partial charge in [0.2, 0.25) is 0 Å². The summed E-state index contributed by atoms with van der Waals surface area (Å²) in [6.45, 7) is 6.20. The van der Waals surface area contributed by atoms with E-state index in [-0.39, 0.29) is 11.8 Å². The topological polar surface area (TPSA) is 111 Å². The van der Waals surface area contributed by atoms with Crippen LogP contribution in [-0.2, 0) is 14.3 Å². The smallest absolute Gasteiger partial charge is 0.355 e. The van der Waals surface area contributed by atoms with E-state index in [1.165, 1.54) is 0 Å². The largest absolute Gasteiger partial charge is 0.459 e. The van der Waals surface area contributed by atoms with Crippen molar-refractivity contribution in [2.75, 3.05) is 6.61 Å². The summed E-state index contributed by atoms with van der Waals surface area (Å²) in [5.41, 5.74) is 6.22. The second-order valence-electron chi connectivity index (χ2n) is 4.62. The van der Waals surface area contributed by atoms with Gasteiger partial charge in [0.05, 0.1) is 11.7 Å². The summed E-state index contributed by atoms with van der Waals surface area (Å²) in [4.78, 5) is 37.0. The number of aryl methyl sites for hydroxylation is 1. The monoisotopic (exact) mass is 282 g/mol. The minimum absolute atomic E-state index is 0.111. The van der Waals surface area contributed by atoms with Gasteiger partial charge in [-0.15, -0.1) is 0 Å². The third-order valence-electron chi connectivity index (χ3n) is 2.53. The third kappa shape index (κ3) is 3.59. The molecule has 0 saturated carbocycles. The Morgan fingerprint density at radius 3 is 2.30 bits per heavy atom. The lowest BCUT2D eigenvalue weighted by molar-refractivity contribution is -0.121. The Balaban J connectivity index is 2.99. The molecule has 3 N–H and O–H groups in total. The highest BCUT2D eigenvalue weighted by molar-refractivity contribution is 5.99. The summed E-state index contributed by atoms with van der Waals surface area (Å²) in [7, 11) is 0. The molecule has 0 aromatic carbocycles. The first-order valence-corrected chi connectivity index (χ1v) is 6.09. The molecular weight excluding hydrogens is 264 g/mol. The maximum Gasteiger partial charge on any atom is 0.355 e. The predicted octanol–water partition coefficient (Wildman–Crippen LogP) is 0.839. The summed E-state index contributed by atoms with van der Waals surface area (Å²) >= 11 is 0. The Hall–Kier alpha value is -2.31. The second kappa shape index (κ2) is 6.23. The molecule has 110 valence electrons. The number of rotatable bonds is 5. The zero-order valence-corrected chi connectivity index (χ0v) is 11.9. The van der Waals surface area contributed by atoms with Crippen molar-refractivity contribution >= 4 is 17.8 Å². The summed E-state index contributed by atoms with van der Waals surface area (Å²) in [6.07, 6.45) is -0.263. The van der Waals surface area contributed by atoms with Gasteiger partial charge in [-0.2, -0.15) is 0 Å². The standard InChI is InChI=1S/C13H18N2O5/c1-6(2)20-12(17)10-7(3)11(15-8(10)4)13(18)19-5-9(14)16/h6,15H,5H2,1-4H3,(H2,14,16). The Bertz CT molecular complexity index is 545. The normalized spacial score (nSPS) is 10.4. The van der Waals surface area contributed by atoms with Crippen LogP contribution in [0.2, 0.25) is 0 Å². The number of amides is 1. The number of aromatic nitrogens is 1. The van der Waals surface area contributed by atoms with Crippen LogP contribution in [0.25, 0.3) is 0 Å². The molecule has 1 heterocycles. The van der Waals surface area contributed by atoms with Crippen molar-refractivity contribution in [3.05, 3.63) is 22.5 Å². The van der Waals surface area contributed by atoms with Gasteiger partial charge in [0.1, 0.15) is 5.69 Å². The minimum Gasteiger partial charge on any atom is -0.459 e. The van der Waals surface area contributed by atoms with E-state index >= 15 is 0 Å². The van der Waals surface area contributed by atoms with Gasteiger partial charge in [0.25, 0.3) is 5.91 Å². The van der Waals surface area contributed by atoms with Gasteiger partial charge in [-0.1, -0.05) is 0 Å². The first kappa shape index (κ1) is 15.7. The van der Waals surface area contributed by atoms with Crippen LogP contribution < -0.4 is 5.73 Å². The Labute approximate surface area is 116 Å².